The topological polar surface area (TPSA) is 61.3 Å². The molecule has 0 saturated heterocycles. The van der Waals surface area contributed by atoms with Crippen LogP contribution in [0.25, 0.3) is 0 Å². The molecule has 0 radical (unpaired) electrons. The van der Waals surface area contributed by atoms with E-state index in [1.807, 2.05) is 20.8 Å². The van der Waals surface area contributed by atoms with E-state index < -0.39 is 0 Å². The summed E-state index contributed by atoms with van der Waals surface area (Å²) in [6.07, 6.45) is 1.67. The van der Waals surface area contributed by atoms with Crippen molar-refractivity contribution in [2.45, 2.75) is 84.1 Å². The molecule has 3 heteroatoms. The van der Waals surface area contributed by atoms with Crippen LogP contribution in [-0.4, -0.2) is 22.8 Å². The van der Waals surface area contributed by atoms with E-state index in [-0.39, 0.29) is 22.8 Å². The molecule has 4 N–H and O–H groups in total. The van der Waals surface area contributed by atoms with E-state index in [0.717, 1.165) is 12.8 Å². The molecule has 0 aliphatic heterocycles. The van der Waals surface area contributed by atoms with Crippen LogP contribution in [0.5, 0.6) is 0 Å². The van der Waals surface area contributed by atoms with Crippen molar-refractivity contribution in [1.82, 2.24) is 0 Å². The highest BCUT2D eigenvalue weighted by Gasteiger charge is 2.33. The zero-order valence-electron chi connectivity index (χ0n) is 12.1. The minimum Gasteiger partial charge on any atom is -0.370 e. The lowest BCUT2D eigenvalue weighted by molar-refractivity contribution is -0.136. The summed E-state index contributed by atoms with van der Waals surface area (Å²) in [5, 5.41) is 0. The summed E-state index contributed by atoms with van der Waals surface area (Å²) in [6, 6.07) is 0.150. The first kappa shape index (κ1) is 15.9. The van der Waals surface area contributed by atoms with Crippen LogP contribution in [0.3, 0.4) is 0 Å². The summed E-state index contributed by atoms with van der Waals surface area (Å²) in [6.45, 7) is 14.4. The number of rotatable bonds is 6. The molecule has 0 fully saturated rings. The molecule has 3 nitrogen and oxygen atoms in total. The minimum absolute atomic E-state index is 0.150. The van der Waals surface area contributed by atoms with Crippen LogP contribution >= 0.6 is 0 Å². The van der Waals surface area contributed by atoms with Gasteiger partial charge in [-0.05, 0) is 61.3 Å². The predicted molar refractivity (Wildman–Crippen MR) is 70.4 cm³/mol. The summed E-state index contributed by atoms with van der Waals surface area (Å²) >= 11 is 0. The van der Waals surface area contributed by atoms with Gasteiger partial charge in [0.15, 0.2) is 0 Å². The average molecular weight is 230 g/mol. The van der Waals surface area contributed by atoms with Crippen molar-refractivity contribution in [2.24, 2.45) is 11.5 Å². The normalized spacial score (nSPS) is 16.3. The smallest absolute Gasteiger partial charge is 0.0651 e. The van der Waals surface area contributed by atoms with Gasteiger partial charge in [-0.3, -0.25) is 0 Å². The molecular formula is C13H30N2O. The second-order valence-corrected chi connectivity index (χ2v) is 6.97. The highest BCUT2D eigenvalue weighted by atomic mass is 16.5. The van der Waals surface area contributed by atoms with Crippen LogP contribution in [-0.2, 0) is 4.74 Å². The standard InChI is InChI=1S/C13H30N2O/c1-10(14)8-12(4,5)16-13(6,7)9-11(2,3)15/h10H,8-9,14-15H2,1-7H3. The first-order valence-corrected chi connectivity index (χ1v) is 6.08. The van der Waals surface area contributed by atoms with Crippen LogP contribution in [0, 0.1) is 0 Å². The maximum absolute atomic E-state index is 6.15. The first-order chi connectivity index (χ1) is 6.83. The van der Waals surface area contributed by atoms with E-state index in [1.165, 1.54) is 0 Å². The minimum atomic E-state index is -0.226. The van der Waals surface area contributed by atoms with E-state index in [2.05, 4.69) is 27.7 Å². The molecule has 0 saturated carbocycles. The van der Waals surface area contributed by atoms with E-state index in [4.69, 9.17) is 16.2 Å². The van der Waals surface area contributed by atoms with Crippen molar-refractivity contribution in [1.29, 1.82) is 0 Å². The predicted octanol–water partition coefficient (Wildman–Crippen LogP) is 2.42. The third-order valence-corrected chi connectivity index (χ3v) is 2.25. The number of hydrogen-bond donors (Lipinski definition) is 2. The van der Waals surface area contributed by atoms with Gasteiger partial charge in [0.1, 0.15) is 0 Å². The summed E-state index contributed by atoms with van der Waals surface area (Å²) in [7, 11) is 0. The van der Waals surface area contributed by atoms with E-state index in [9.17, 15) is 0 Å². The molecule has 16 heavy (non-hydrogen) atoms. The van der Waals surface area contributed by atoms with E-state index in [0.29, 0.717) is 0 Å². The van der Waals surface area contributed by atoms with Gasteiger partial charge in [-0.2, -0.15) is 0 Å². The van der Waals surface area contributed by atoms with Crippen LogP contribution in [0.4, 0.5) is 0 Å². The maximum Gasteiger partial charge on any atom is 0.0651 e. The second-order valence-electron chi connectivity index (χ2n) is 6.97. The largest absolute Gasteiger partial charge is 0.370 e. The van der Waals surface area contributed by atoms with Gasteiger partial charge in [0.05, 0.1) is 11.2 Å². The van der Waals surface area contributed by atoms with Gasteiger partial charge >= 0.3 is 0 Å². The third kappa shape index (κ3) is 8.08. The fourth-order valence-corrected chi connectivity index (χ4v) is 2.70. The Morgan fingerprint density at radius 1 is 1.00 bits per heavy atom. The van der Waals surface area contributed by atoms with Crippen LogP contribution < -0.4 is 11.5 Å². The SMILES string of the molecule is CC(N)CC(C)(C)OC(C)(C)CC(C)(C)N. The summed E-state index contributed by atoms with van der Waals surface area (Å²) in [5.74, 6) is 0. The zero-order valence-corrected chi connectivity index (χ0v) is 12.1. The van der Waals surface area contributed by atoms with Crippen LogP contribution in [0.15, 0.2) is 0 Å². The Hall–Kier alpha value is -0.120. The average Bonchev–Trinajstić information content (AvgIpc) is 1.69. The Labute approximate surface area is 101 Å². The second kappa shape index (κ2) is 5.03. The molecule has 0 rings (SSSR count). The lowest BCUT2D eigenvalue weighted by Crippen LogP contribution is -2.46. The fraction of sp³-hybridized carbons (Fsp3) is 1.00. The van der Waals surface area contributed by atoms with Crippen LogP contribution in [0.2, 0.25) is 0 Å². The lowest BCUT2D eigenvalue weighted by Gasteiger charge is -2.40. The van der Waals surface area contributed by atoms with Crippen molar-refractivity contribution in [3.05, 3.63) is 0 Å². The van der Waals surface area contributed by atoms with Crippen molar-refractivity contribution in [3.63, 3.8) is 0 Å². The monoisotopic (exact) mass is 230 g/mol. The van der Waals surface area contributed by atoms with Gasteiger partial charge < -0.3 is 16.2 Å². The van der Waals surface area contributed by atoms with Gasteiger partial charge in [-0.15, -0.1) is 0 Å². The van der Waals surface area contributed by atoms with Crippen molar-refractivity contribution >= 4 is 0 Å². The zero-order chi connectivity index (χ0) is 13.2. The summed E-state index contributed by atoms with van der Waals surface area (Å²) in [5.41, 5.74) is 11.2. The van der Waals surface area contributed by atoms with Gasteiger partial charge in [0, 0.05) is 11.6 Å². The van der Waals surface area contributed by atoms with Crippen molar-refractivity contribution < 1.29 is 4.74 Å². The van der Waals surface area contributed by atoms with Crippen molar-refractivity contribution in [2.75, 3.05) is 0 Å². The Bertz CT molecular complexity index is 214. The molecule has 0 amide bonds. The first-order valence-electron chi connectivity index (χ1n) is 6.08. The van der Waals surface area contributed by atoms with E-state index in [1.54, 1.807) is 0 Å². The molecule has 0 aromatic heterocycles. The quantitative estimate of drug-likeness (QED) is 0.736. The highest BCUT2D eigenvalue weighted by molar-refractivity contribution is 4.86. The fourth-order valence-electron chi connectivity index (χ4n) is 2.70. The van der Waals surface area contributed by atoms with Gasteiger partial charge in [-0.1, -0.05) is 0 Å². The molecule has 1 atom stereocenters. The molecule has 0 aliphatic carbocycles. The van der Waals surface area contributed by atoms with Gasteiger partial charge in [-0.25, -0.2) is 0 Å². The maximum atomic E-state index is 6.15. The number of nitrogens with two attached hydrogens (primary N) is 2. The molecule has 0 aromatic carbocycles. The number of ether oxygens (including phenoxy) is 1. The molecule has 0 heterocycles. The molecular weight excluding hydrogens is 200 g/mol. The molecule has 0 spiro atoms. The van der Waals surface area contributed by atoms with Crippen LogP contribution in [0.1, 0.15) is 61.3 Å². The Kier molecular flexibility index (Phi) is 4.99. The number of hydrogen-bond acceptors (Lipinski definition) is 3. The van der Waals surface area contributed by atoms with Gasteiger partial charge in [0.2, 0.25) is 0 Å². The van der Waals surface area contributed by atoms with Gasteiger partial charge in [0.25, 0.3) is 0 Å². The molecule has 0 bridgehead atoms. The molecule has 0 aromatic rings. The summed E-state index contributed by atoms with van der Waals surface area (Å²) in [4.78, 5) is 0. The lowest BCUT2D eigenvalue weighted by atomic mass is 9.89. The molecule has 98 valence electrons. The summed E-state index contributed by atoms with van der Waals surface area (Å²) < 4.78 is 6.15. The van der Waals surface area contributed by atoms with E-state index >= 15 is 0 Å². The Morgan fingerprint density at radius 3 is 1.75 bits per heavy atom. The Morgan fingerprint density at radius 2 is 1.44 bits per heavy atom. The third-order valence-electron chi connectivity index (χ3n) is 2.25. The van der Waals surface area contributed by atoms with Crippen molar-refractivity contribution in [3.8, 4) is 0 Å². The Balaban J connectivity index is 4.45. The highest BCUT2D eigenvalue weighted by Crippen LogP contribution is 2.29. The molecule has 0 aliphatic rings. The molecule has 1 unspecified atom stereocenters.